The molecule has 4 heteroatoms. The van der Waals surface area contributed by atoms with Gasteiger partial charge in [-0.3, -0.25) is 4.98 Å². The molecule has 2 rings (SSSR count). The molecule has 0 aliphatic rings. The summed E-state index contributed by atoms with van der Waals surface area (Å²) in [7, 11) is 0. The van der Waals surface area contributed by atoms with Crippen LogP contribution in [-0.4, -0.2) is 22.7 Å². The van der Waals surface area contributed by atoms with E-state index in [1.807, 2.05) is 24.3 Å². The average Bonchev–Trinajstić information content (AvgIpc) is 2.47. The number of aromatic nitrogens is 1. The number of benzene rings is 1. The van der Waals surface area contributed by atoms with Crippen LogP contribution in [0.5, 0.6) is 0 Å². The molecular formula is C15H15NO3. The largest absolute Gasteiger partial charge is 0.462 e. The molecule has 0 amide bonds. The molecule has 1 aromatic carbocycles. The number of pyridine rings is 1. The zero-order valence-electron chi connectivity index (χ0n) is 10.7. The van der Waals surface area contributed by atoms with Crippen LogP contribution in [0.25, 0.3) is 11.1 Å². The van der Waals surface area contributed by atoms with E-state index < -0.39 is 0 Å². The lowest BCUT2D eigenvalue weighted by atomic mass is 10.0. The highest BCUT2D eigenvalue weighted by atomic mass is 16.5. The Morgan fingerprint density at radius 1 is 1.26 bits per heavy atom. The molecule has 1 heterocycles. The van der Waals surface area contributed by atoms with Crippen molar-refractivity contribution in [2.24, 2.45) is 0 Å². The first-order valence-corrected chi connectivity index (χ1v) is 6.07. The highest BCUT2D eigenvalue weighted by Crippen LogP contribution is 2.23. The third-order valence-corrected chi connectivity index (χ3v) is 2.76. The zero-order valence-corrected chi connectivity index (χ0v) is 10.7. The molecule has 0 bridgehead atoms. The summed E-state index contributed by atoms with van der Waals surface area (Å²) in [5, 5.41) is 9.03. The predicted octanol–water partition coefficient (Wildman–Crippen LogP) is 2.42. The molecule has 0 fully saturated rings. The van der Waals surface area contributed by atoms with Gasteiger partial charge in [0.25, 0.3) is 0 Å². The molecule has 19 heavy (non-hydrogen) atoms. The van der Waals surface area contributed by atoms with E-state index in [0.29, 0.717) is 12.2 Å². The van der Waals surface area contributed by atoms with Gasteiger partial charge in [-0.25, -0.2) is 4.79 Å². The number of carbonyl (C=O) groups excluding carboxylic acids is 1. The molecule has 2 aromatic rings. The van der Waals surface area contributed by atoms with Crippen LogP contribution in [0.15, 0.2) is 42.7 Å². The monoisotopic (exact) mass is 257 g/mol. The number of rotatable bonds is 4. The molecule has 0 saturated carbocycles. The van der Waals surface area contributed by atoms with Crippen molar-refractivity contribution >= 4 is 5.97 Å². The maximum absolute atomic E-state index is 11.9. The molecule has 1 aromatic heterocycles. The highest BCUT2D eigenvalue weighted by Gasteiger charge is 2.13. The fourth-order valence-electron chi connectivity index (χ4n) is 1.80. The van der Waals surface area contributed by atoms with Crippen molar-refractivity contribution in [3.8, 4) is 11.1 Å². The van der Waals surface area contributed by atoms with E-state index in [4.69, 9.17) is 9.84 Å². The summed E-state index contributed by atoms with van der Waals surface area (Å²) in [5.41, 5.74) is 2.91. The summed E-state index contributed by atoms with van der Waals surface area (Å²) in [6.45, 7) is 2.11. The van der Waals surface area contributed by atoms with Crippen molar-refractivity contribution in [1.29, 1.82) is 0 Å². The van der Waals surface area contributed by atoms with E-state index >= 15 is 0 Å². The lowest BCUT2D eigenvalue weighted by Gasteiger charge is -2.08. The fourth-order valence-corrected chi connectivity index (χ4v) is 1.80. The number of aliphatic hydroxyl groups excluding tert-OH is 1. The van der Waals surface area contributed by atoms with Crippen LogP contribution in [0.3, 0.4) is 0 Å². The fraction of sp³-hybridized carbons (Fsp3) is 0.200. The minimum Gasteiger partial charge on any atom is -0.462 e. The number of hydrogen-bond acceptors (Lipinski definition) is 4. The SMILES string of the molecule is CCOC(=O)c1ccncc1-c1ccc(CO)cc1. The molecule has 98 valence electrons. The van der Waals surface area contributed by atoms with Gasteiger partial charge in [0.15, 0.2) is 0 Å². The van der Waals surface area contributed by atoms with E-state index in [9.17, 15) is 4.79 Å². The quantitative estimate of drug-likeness (QED) is 0.854. The molecule has 0 aliphatic heterocycles. The van der Waals surface area contributed by atoms with Gasteiger partial charge in [0.2, 0.25) is 0 Å². The number of esters is 1. The Morgan fingerprint density at radius 2 is 2.00 bits per heavy atom. The van der Waals surface area contributed by atoms with Crippen molar-refractivity contribution in [1.82, 2.24) is 4.98 Å². The Morgan fingerprint density at radius 3 is 2.63 bits per heavy atom. The lowest BCUT2D eigenvalue weighted by molar-refractivity contribution is 0.0527. The highest BCUT2D eigenvalue weighted by molar-refractivity contribution is 5.96. The van der Waals surface area contributed by atoms with E-state index in [1.54, 1.807) is 25.4 Å². The average molecular weight is 257 g/mol. The maximum atomic E-state index is 11.9. The van der Waals surface area contributed by atoms with Crippen LogP contribution in [0, 0.1) is 0 Å². The molecule has 0 spiro atoms. The van der Waals surface area contributed by atoms with Gasteiger partial charge in [-0.2, -0.15) is 0 Å². The van der Waals surface area contributed by atoms with Gasteiger partial charge >= 0.3 is 5.97 Å². The van der Waals surface area contributed by atoms with Crippen LogP contribution >= 0.6 is 0 Å². The van der Waals surface area contributed by atoms with Gasteiger partial charge < -0.3 is 9.84 Å². The molecule has 0 aliphatic carbocycles. The number of carbonyl (C=O) groups is 1. The molecule has 0 saturated heterocycles. The second kappa shape index (κ2) is 6.11. The second-order valence-electron chi connectivity index (χ2n) is 4.00. The number of nitrogens with zero attached hydrogens (tertiary/aromatic N) is 1. The Bertz CT molecular complexity index is 564. The Hall–Kier alpha value is -2.20. The van der Waals surface area contributed by atoms with Gasteiger partial charge in [-0.15, -0.1) is 0 Å². The third kappa shape index (κ3) is 2.98. The minimum atomic E-state index is -0.355. The summed E-state index contributed by atoms with van der Waals surface area (Å²) in [6, 6.07) is 8.98. The molecule has 0 radical (unpaired) electrons. The predicted molar refractivity (Wildman–Crippen MR) is 71.6 cm³/mol. The third-order valence-electron chi connectivity index (χ3n) is 2.76. The molecular weight excluding hydrogens is 242 g/mol. The number of aliphatic hydroxyl groups is 1. The van der Waals surface area contributed by atoms with Crippen LogP contribution in [0.2, 0.25) is 0 Å². The van der Waals surface area contributed by atoms with Crippen LogP contribution in [0.1, 0.15) is 22.8 Å². The Labute approximate surface area is 111 Å². The number of ether oxygens (including phenoxy) is 1. The minimum absolute atomic E-state index is 0.00193. The summed E-state index contributed by atoms with van der Waals surface area (Å²) in [4.78, 5) is 15.9. The van der Waals surface area contributed by atoms with Gasteiger partial charge in [0, 0.05) is 18.0 Å². The van der Waals surface area contributed by atoms with Crippen molar-refractivity contribution in [2.75, 3.05) is 6.61 Å². The summed E-state index contributed by atoms with van der Waals surface area (Å²) >= 11 is 0. The summed E-state index contributed by atoms with van der Waals surface area (Å²) < 4.78 is 5.03. The number of hydrogen-bond donors (Lipinski definition) is 1. The first kappa shape index (κ1) is 13.2. The van der Waals surface area contributed by atoms with Crippen molar-refractivity contribution in [2.45, 2.75) is 13.5 Å². The van der Waals surface area contributed by atoms with Crippen LogP contribution in [-0.2, 0) is 11.3 Å². The van der Waals surface area contributed by atoms with Gasteiger partial charge in [0.05, 0.1) is 18.8 Å². The standard InChI is InChI=1S/C15H15NO3/c1-2-19-15(18)13-7-8-16-9-14(13)12-5-3-11(10-17)4-6-12/h3-9,17H,2,10H2,1H3. The van der Waals surface area contributed by atoms with Crippen molar-refractivity contribution in [3.05, 3.63) is 53.9 Å². The Kier molecular flexibility index (Phi) is 4.26. The van der Waals surface area contributed by atoms with E-state index in [2.05, 4.69) is 4.98 Å². The summed E-state index contributed by atoms with van der Waals surface area (Å²) in [5.74, 6) is -0.355. The van der Waals surface area contributed by atoms with Crippen molar-refractivity contribution in [3.63, 3.8) is 0 Å². The molecule has 4 nitrogen and oxygen atoms in total. The first-order valence-electron chi connectivity index (χ1n) is 6.07. The first-order chi connectivity index (χ1) is 9.26. The molecule has 0 atom stereocenters. The van der Waals surface area contributed by atoms with Gasteiger partial charge in [-0.05, 0) is 24.1 Å². The van der Waals surface area contributed by atoms with Crippen molar-refractivity contribution < 1.29 is 14.6 Å². The zero-order chi connectivity index (χ0) is 13.7. The summed E-state index contributed by atoms with van der Waals surface area (Å²) in [6.07, 6.45) is 3.21. The topological polar surface area (TPSA) is 59.4 Å². The smallest absolute Gasteiger partial charge is 0.338 e. The van der Waals surface area contributed by atoms with Crippen LogP contribution < -0.4 is 0 Å². The maximum Gasteiger partial charge on any atom is 0.338 e. The second-order valence-corrected chi connectivity index (χ2v) is 4.00. The molecule has 1 N–H and O–H groups in total. The van der Waals surface area contributed by atoms with E-state index in [0.717, 1.165) is 16.7 Å². The normalized spacial score (nSPS) is 10.2. The van der Waals surface area contributed by atoms with Crippen LogP contribution in [0.4, 0.5) is 0 Å². The van der Waals surface area contributed by atoms with E-state index in [1.165, 1.54) is 0 Å². The Balaban J connectivity index is 2.40. The van der Waals surface area contributed by atoms with E-state index in [-0.39, 0.29) is 12.6 Å². The molecule has 0 unspecified atom stereocenters. The lowest BCUT2D eigenvalue weighted by Crippen LogP contribution is -2.06. The van der Waals surface area contributed by atoms with Gasteiger partial charge in [0.1, 0.15) is 0 Å². The van der Waals surface area contributed by atoms with Gasteiger partial charge in [-0.1, -0.05) is 24.3 Å².